The number of hydrogen-bond donors (Lipinski definition) is 2. The van der Waals surface area contributed by atoms with E-state index in [1.165, 1.54) is 30.5 Å². The molecule has 35 heavy (non-hydrogen) atoms. The Morgan fingerprint density at radius 1 is 0.914 bits per heavy atom. The first-order chi connectivity index (χ1) is 16.9. The zero-order chi connectivity index (χ0) is 24.8. The molecule has 2 aromatic carbocycles. The van der Waals surface area contributed by atoms with E-state index in [0.29, 0.717) is 23.0 Å². The standard InChI is InChI=1S/C26H23FN4O4/c1-3-16-12-20-21(13-23(16)34-2)28-11-10-22(20)35-26-9-8-19(15-29-26)31-25(33)14-24(32)30-18-6-4-17(27)5-7-18/h4-13,15H,3,14H2,1-2H3,(H,30,32)(H,31,33). The van der Waals surface area contributed by atoms with E-state index >= 15 is 0 Å². The lowest BCUT2D eigenvalue weighted by molar-refractivity contribution is -0.123. The highest BCUT2D eigenvalue weighted by molar-refractivity contribution is 6.08. The third kappa shape index (κ3) is 5.89. The number of ether oxygens (including phenoxy) is 2. The smallest absolute Gasteiger partial charge is 0.233 e. The van der Waals surface area contributed by atoms with Crippen LogP contribution in [-0.4, -0.2) is 28.9 Å². The van der Waals surface area contributed by atoms with Gasteiger partial charge in [-0.1, -0.05) is 6.92 Å². The molecule has 0 bridgehead atoms. The Morgan fingerprint density at radius 3 is 2.29 bits per heavy atom. The highest BCUT2D eigenvalue weighted by Crippen LogP contribution is 2.33. The van der Waals surface area contributed by atoms with Gasteiger partial charge in [0.2, 0.25) is 17.7 Å². The fraction of sp³-hybridized carbons (Fsp3) is 0.154. The third-order valence-corrected chi connectivity index (χ3v) is 5.17. The van der Waals surface area contributed by atoms with E-state index < -0.39 is 24.1 Å². The van der Waals surface area contributed by atoms with Crippen molar-refractivity contribution in [3.63, 3.8) is 0 Å². The van der Waals surface area contributed by atoms with Crippen molar-refractivity contribution in [3.8, 4) is 17.4 Å². The molecule has 178 valence electrons. The van der Waals surface area contributed by atoms with Crippen molar-refractivity contribution >= 4 is 34.1 Å². The van der Waals surface area contributed by atoms with Gasteiger partial charge in [-0.2, -0.15) is 0 Å². The number of methoxy groups -OCH3 is 1. The van der Waals surface area contributed by atoms with Gasteiger partial charge >= 0.3 is 0 Å². The maximum absolute atomic E-state index is 13.0. The van der Waals surface area contributed by atoms with Crippen molar-refractivity contribution < 1.29 is 23.5 Å². The number of nitrogens with one attached hydrogen (secondary N) is 2. The number of carbonyl (C=O) groups is 2. The molecule has 0 aliphatic carbocycles. The van der Waals surface area contributed by atoms with Gasteiger partial charge in [-0.3, -0.25) is 14.6 Å². The van der Waals surface area contributed by atoms with Gasteiger partial charge in [0.1, 0.15) is 23.7 Å². The Bertz CT molecular complexity index is 1360. The summed E-state index contributed by atoms with van der Waals surface area (Å²) in [5, 5.41) is 5.98. The van der Waals surface area contributed by atoms with E-state index in [0.717, 1.165) is 28.6 Å². The predicted molar refractivity (Wildman–Crippen MR) is 130 cm³/mol. The first-order valence-corrected chi connectivity index (χ1v) is 10.9. The molecule has 8 nitrogen and oxygen atoms in total. The van der Waals surface area contributed by atoms with Crippen LogP contribution in [0.5, 0.6) is 17.4 Å². The lowest BCUT2D eigenvalue weighted by atomic mass is 10.1. The number of nitrogens with zero attached hydrogens (tertiary/aromatic N) is 2. The van der Waals surface area contributed by atoms with E-state index in [1.807, 2.05) is 19.1 Å². The predicted octanol–water partition coefficient (Wildman–Crippen LogP) is 5.10. The van der Waals surface area contributed by atoms with E-state index in [4.69, 9.17) is 9.47 Å². The molecule has 4 rings (SSSR count). The van der Waals surface area contributed by atoms with Crippen molar-refractivity contribution in [3.05, 3.63) is 78.4 Å². The summed E-state index contributed by atoms with van der Waals surface area (Å²) in [6, 6.07) is 14.1. The summed E-state index contributed by atoms with van der Waals surface area (Å²) in [5.41, 5.74) is 2.58. The SMILES string of the molecule is CCc1cc2c(Oc3ccc(NC(=O)CC(=O)Nc4ccc(F)cc4)cn3)ccnc2cc1OC. The highest BCUT2D eigenvalue weighted by atomic mass is 19.1. The van der Waals surface area contributed by atoms with Crippen molar-refractivity contribution in [2.45, 2.75) is 19.8 Å². The summed E-state index contributed by atoms with van der Waals surface area (Å²) in [7, 11) is 1.63. The lowest BCUT2D eigenvalue weighted by Gasteiger charge is -2.12. The van der Waals surface area contributed by atoms with Crippen LogP contribution in [0.1, 0.15) is 18.9 Å². The largest absolute Gasteiger partial charge is 0.496 e. The number of amides is 2. The highest BCUT2D eigenvalue weighted by Gasteiger charge is 2.12. The molecular weight excluding hydrogens is 451 g/mol. The van der Waals surface area contributed by atoms with E-state index in [9.17, 15) is 14.0 Å². The van der Waals surface area contributed by atoms with E-state index in [1.54, 1.807) is 31.5 Å². The molecular formula is C26H23FN4O4. The number of anilines is 2. The number of benzene rings is 2. The van der Waals surface area contributed by atoms with Crippen LogP contribution in [0.15, 0.2) is 67.0 Å². The van der Waals surface area contributed by atoms with Crippen LogP contribution in [-0.2, 0) is 16.0 Å². The Morgan fingerprint density at radius 2 is 1.63 bits per heavy atom. The van der Waals surface area contributed by atoms with Gasteiger partial charge in [0.25, 0.3) is 0 Å². The number of fused-ring (bicyclic) bond motifs is 1. The fourth-order valence-electron chi connectivity index (χ4n) is 3.47. The summed E-state index contributed by atoms with van der Waals surface area (Å²) in [5.74, 6) is 0.251. The summed E-state index contributed by atoms with van der Waals surface area (Å²) in [6.07, 6.45) is 3.48. The van der Waals surface area contributed by atoms with E-state index in [2.05, 4.69) is 20.6 Å². The van der Waals surface area contributed by atoms with Gasteiger partial charge in [0.15, 0.2) is 0 Å². The summed E-state index contributed by atoms with van der Waals surface area (Å²) in [4.78, 5) is 32.9. The monoisotopic (exact) mass is 474 g/mol. The molecule has 0 spiro atoms. The minimum absolute atomic E-state index is 0.332. The molecule has 0 unspecified atom stereocenters. The van der Waals surface area contributed by atoms with Crippen molar-refractivity contribution in [2.24, 2.45) is 0 Å². The van der Waals surface area contributed by atoms with Crippen LogP contribution in [0.3, 0.4) is 0 Å². The maximum atomic E-state index is 13.0. The molecule has 0 aliphatic rings. The van der Waals surface area contributed by atoms with Gasteiger partial charge in [-0.05, 0) is 54.4 Å². The van der Waals surface area contributed by atoms with Crippen molar-refractivity contribution in [1.29, 1.82) is 0 Å². The van der Waals surface area contributed by atoms with E-state index in [-0.39, 0.29) is 0 Å². The zero-order valence-corrected chi connectivity index (χ0v) is 19.2. The second kappa shape index (κ2) is 10.6. The number of rotatable bonds is 8. The number of halogens is 1. The Labute approximate surface area is 201 Å². The molecule has 0 saturated heterocycles. The quantitative estimate of drug-likeness (QED) is 0.345. The van der Waals surface area contributed by atoms with Crippen LogP contribution in [0.2, 0.25) is 0 Å². The Kier molecular flexibility index (Phi) is 7.15. The number of carbonyl (C=O) groups excluding carboxylic acids is 2. The van der Waals surface area contributed by atoms with Crippen LogP contribution in [0.25, 0.3) is 10.9 Å². The minimum Gasteiger partial charge on any atom is -0.496 e. The van der Waals surface area contributed by atoms with Gasteiger partial charge in [0.05, 0.1) is 24.5 Å². The molecule has 0 aliphatic heterocycles. The second-order valence-electron chi connectivity index (χ2n) is 7.61. The molecule has 0 atom stereocenters. The fourth-order valence-corrected chi connectivity index (χ4v) is 3.47. The molecule has 0 fully saturated rings. The molecule has 2 amide bonds. The van der Waals surface area contributed by atoms with Crippen LogP contribution in [0.4, 0.5) is 15.8 Å². The number of hydrogen-bond acceptors (Lipinski definition) is 6. The number of pyridine rings is 2. The maximum Gasteiger partial charge on any atom is 0.233 e. The van der Waals surface area contributed by atoms with Gasteiger partial charge < -0.3 is 20.1 Å². The molecule has 2 heterocycles. The molecule has 0 saturated carbocycles. The molecule has 0 radical (unpaired) electrons. The topological polar surface area (TPSA) is 102 Å². The van der Waals surface area contributed by atoms with Gasteiger partial charge in [0, 0.05) is 29.4 Å². The Balaban J connectivity index is 1.39. The van der Waals surface area contributed by atoms with Gasteiger partial charge in [-0.25, -0.2) is 9.37 Å². The lowest BCUT2D eigenvalue weighted by Crippen LogP contribution is -2.21. The molecule has 4 aromatic rings. The second-order valence-corrected chi connectivity index (χ2v) is 7.61. The first-order valence-electron chi connectivity index (χ1n) is 10.9. The summed E-state index contributed by atoms with van der Waals surface area (Å²) < 4.78 is 24.4. The van der Waals surface area contributed by atoms with Crippen LogP contribution >= 0.6 is 0 Å². The average Bonchev–Trinajstić information content (AvgIpc) is 2.85. The third-order valence-electron chi connectivity index (χ3n) is 5.17. The first kappa shape index (κ1) is 23.6. The number of aryl methyl sites for hydroxylation is 1. The van der Waals surface area contributed by atoms with Crippen LogP contribution in [0, 0.1) is 5.82 Å². The Hall–Kier alpha value is -4.53. The zero-order valence-electron chi connectivity index (χ0n) is 19.2. The van der Waals surface area contributed by atoms with Crippen molar-refractivity contribution in [2.75, 3.05) is 17.7 Å². The summed E-state index contributed by atoms with van der Waals surface area (Å²) >= 11 is 0. The summed E-state index contributed by atoms with van der Waals surface area (Å²) in [6.45, 7) is 2.04. The minimum atomic E-state index is -0.519. The van der Waals surface area contributed by atoms with Crippen molar-refractivity contribution in [1.82, 2.24) is 9.97 Å². The average molecular weight is 474 g/mol. The normalized spacial score (nSPS) is 10.6. The molecule has 2 N–H and O–H groups in total. The molecule has 2 aromatic heterocycles. The number of aromatic nitrogens is 2. The van der Waals surface area contributed by atoms with Crippen LogP contribution < -0.4 is 20.1 Å². The molecule has 9 heteroatoms. The van der Waals surface area contributed by atoms with Gasteiger partial charge in [-0.15, -0.1) is 0 Å².